The summed E-state index contributed by atoms with van der Waals surface area (Å²) >= 11 is 5.88. The van der Waals surface area contributed by atoms with Crippen LogP contribution in [0.4, 0.5) is 5.82 Å². The summed E-state index contributed by atoms with van der Waals surface area (Å²) in [5, 5.41) is 3.47. The van der Waals surface area contributed by atoms with Crippen molar-refractivity contribution in [3.05, 3.63) is 30.3 Å². The van der Waals surface area contributed by atoms with E-state index in [9.17, 15) is 0 Å². The van der Waals surface area contributed by atoms with E-state index in [4.69, 9.17) is 11.6 Å². The summed E-state index contributed by atoms with van der Waals surface area (Å²) in [6.07, 6.45) is 7.01. The van der Waals surface area contributed by atoms with E-state index >= 15 is 0 Å². The van der Waals surface area contributed by atoms with Crippen LogP contribution in [0.3, 0.4) is 0 Å². The summed E-state index contributed by atoms with van der Waals surface area (Å²) in [6, 6.07) is 0.159. The third kappa shape index (κ3) is 2.50. The standard InChI is InChI=1S/C11H12ClN7/c1-7(4-19-3-2-13-6-19)16-10-8-9(15-5-14-8)17-11(12)18-10/h2-3,5-7H,4H2,1H3,(H2,14,15,16,17,18). The number of anilines is 1. The van der Waals surface area contributed by atoms with Crippen LogP contribution < -0.4 is 5.32 Å². The number of aromatic nitrogens is 6. The van der Waals surface area contributed by atoms with Gasteiger partial charge in [-0.05, 0) is 18.5 Å². The smallest absolute Gasteiger partial charge is 0.226 e. The maximum absolute atomic E-state index is 5.88. The number of rotatable bonds is 4. The fraction of sp³-hybridized carbons (Fsp3) is 0.273. The predicted octanol–water partition coefficient (Wildman–Crippen LogP) is 1.70. The van der Waals surface area contributed by atoms with Gasteiger partial charge < -0.3 is 14.9 Å². The van der Waals surface area contributed by atoms with Crippen molar-refractivity contribution in [2.24, 2.45) is 0 Å². The van der Waals surface area contributed by atoms with Crippen LogP contribution in [0, 0.1) is 0 Å². The Kier molecular flexibility index (Phi) is 3.04. The second-order valence-electron chi connectivity index (χ2n) is 4.25. The van der Waals surface area contributed by atoms with E-state index in [-0.39, 0.29) is 11.3 Å². The molecule has 3 aromatic rings. The van der Waals surface area contributed by atoms with Crippen LogP contribution in [-0.2, 0) is 6.54 Å². The number of halogens is 1. The quantitative estimate of drug-likeness (QED) is 0.709. The topological polar surface area (TPSA) is 84.3 Å². The maximum atomic E-state index is 5.88. The van der Waals surface area contributed by atoms with Gasteiger partial charge in [0, 0.05) is 25.0 Å². The number of imidazole rings is 2. The third-order valence-corrected chi connectivity index (χ3v) is 2.85. The highest BCUT2D eigenvalue weighted by Gasteiger charge is 2.11. The summed E-state index contributed by atoms with van der Waals surface area (Å²) in [5.74, 6) is 0.653. The van der Waals surface area contributed by atoms with Crippen molar-refractivity contribution in [1.82, 2.24) is 29.5 Å². The molecule has 3 aromatic heterocycles. The Balaban J connectivity index is 1.82. The summed E-state index contributed by atoms with van der Waals surface area (Å²) in [6.45, 7) is 2.83. The predicted molar refractivity (Wildman–Crippen MR) is 72.0 cm³/mol. The lowest BCUT2D eigenvalue weighted by atomic mass is 10.3. The van der Waals surface area contributed by atoms with Gasteiger partial charge in [-0.2, -0.15) is 9.97 Å². The largest absolute Gasteiger partial charge is 0.364 e. The van der Waals surface area contributed by atoms with Crippen LogP contribution in [0.2, 0.25) is 5.28 Å². The average molecular weight is 278 g/mol. The molecule has 0 aliphatic heterocycles. The molecule has 0 saturated heterocycles. The van der Waals surface area contributed by atoms with Crippen molar-refractivity contribution >= 4 is 28.6 Å². The van der Waals surface area contributed by atoms with E-state index < -0.39 is 0 Å². The molecule has 0 bridgehead atoms. The molecule has 0 aliphatic rings. The molecular weight excluding hydrogens is 266 g/mol. The molecule has 3 heterocycles. The van der Waals surface area contributed by atoms with Crippen LogP contribution in [0.25, 0.3) is 11.2 Å². The molecule has 0 amide bonds. The Labute approximate surface area is 114 Å². The average Bonchev–Trinajstić information content (AvgIpc) is 2.99. The van der Waals surface area contributed by atoms with Crippen LogP contribution in [0.5, 0.6) is 0 Å². The Morgan fingerprint density at radius 1 is 1.47 bits per heavy atom. The Hall–Kier alpha value is -2.15. The molecule has 98 valence electrons. The Morgan fingerprint density at radius 2 is 2.37 bits per heavy atom. The van der Waals surface area contributed by atoms with Gasteiger partial charge in [-0.15, -0.1) is 0 Å². The van der Waals surface area contributed by atoms with Gasteiger partial charge in [0.15, 0.2) is 11.5 Å². The minimum Gasteiger partial charge on any atom is -0.364 e. The maximum Gasteiger partial charge on any atom is 0.226 e. The first-order valence-electron chi connectivity index (χ1n) is 5.81. The monoisotopic (exact) mass is 277 g/mol. The molecule has 3 rings (SSSR count). The number of nitrogens with zero attached hydrogens (tertiary/aromatic N) is 5. The number of hydrogen-bond acceptors (Lipinski definition) is 5. The molecule has 19 heavy (non-hydrogen) atoms. The molecule has 1 atom stereocenters. The van der Waals surface area contributed by atoms with Crippen molar-refractivity contribution in [1.29, 1.82) is 0 Å². The highest BCUT2D eigenvalue weighted by Crippen LogP contribution is 2.19. The van der Waals surface area contributed by atoms with Crippen LogP contribution >= 0.6 is 11.6 Å². The highest BCUT2D eigenvalue weighted by atomic mass is 35.5. The molecule has 1 unspecified atom stereocenters. The third-order valence-electron chi connectivity index (χ3n) is 2.69. The van der Waals surface area contributed by atoms with Gasteiger partial charge in [0.1, 0.15) is 5.52 Å². The van der Waals surface area contributed by atoms with Crippen LogP contribution in [-0.4, -0.2) is 35.5 Å². The normalized spacial score (nSPS) is 12.7. The number of nitrogens with one attached hydrogen (secondary N) is 2. The minimum absolute atomic E-state index is 0.159. The van der Waals surface area contributed by atoms with Crippen LogP contribution in [0.1, 0.15) is 6.92 Å². The molecule has 8 heteroatoms. The van der Waals surface area contributed by atoms with Gasteiger partial charge in [0.2, 0.25) is 5.28 Å². The Bertz CT molecular complexity index is 675. The van der Waals surface area contributed by atoms with E-state index in [1.54, 1.807) is 18.9 Å². The molecule has 0 saturated carbocycles. The van der Waals surface area contributed by atoms with Gasteiger partial charge in [0.05, 0.1) is 12.7 Å². The summed E-state index contributed by atoms with van der Waals surface area (Å²) in [5.41, 5.74) is 1.30. The fourth-order valence-corrected chi connectivity index (χ4v) is 2.07. The second-order valence-corrected chi connectivity index (χ2v) is 4.59. The number of aromatic amines is 1. The lowest BCUT2D eigenvalue weighted by Gasteiger charge is -2.15. The van der Waals surface area contributed by atoms with Gasteiger partial charge in [-0.25, -0.2) is 9.97 Å². The van der Waals surface area contributed by atoms with Gasteiger partial charge in [-0.1, -0.05) is 0 Å². The van der Waals surface area contributed by atoms with E-state index in [1.807, 2.05) is 10.8 Å². The molecule has 0 aliphatic carbocycles. The van der Waals surface area contributed by atoms with Crippen molar-refractivity contribution in [3.63, 3.8) is 0 Å². The molecular formula is C11H12ClN7. The van der Waals surface area contributed by atoms with E-state index in [2.05, 4.69) is 37.2 Å². The van der Waals surface area contributed by atoms with E-state index in [1.165, 1.54) is 0 Å². The molecule has 0 fully saturated rings. The van der Waals surface area contributed by atoms with Crippen molar-refractivity contribution < 1.29 is 0 Å². The summed E-state index contributed by atoms with van der Waals surface area (Å²) < 4.78 is 1.99. The van der Waals surface area contributed by atoms with E-state index in [0.717, 1.165) is 12.1 Å². The van der Waals surface area contributed by atoms with Crippen molar-refractivity contribution in [2.75, 3.05) is 5.32 Å². The molecule has 7 nitrogen and oxygen atoms in total. The van der Waals surface area contributed by atoms with Crippen molar-refractivity contribution in [2.45, 2.75) is 19.5 Å². The lowest BCUT2D eigenvalue weighted by Crippen LogP contribution is -2.22. The zero-order valence-electron chi connectivity index (χ0n) is 10.2. The highest BCUT2D eigenvalue weighted by molar-refractivity contribution is 6.28. The van der Waals surface area contributed by atoms with Gasteiger partial charge in [0.25, 0.3) is 0 Å². The van der Waals surface area contributed by atoms with Gasteiger partial charge in [-0.3, -0.25) is 0 Å². The number of hydrogen-bond donors (Lipinski definition) is 2. The van der Waals surface area contributed by atoms with Crippen molar-refractivity contribution in [3.8, 4) is 0 Å². The number of fused-ring (bicyclic) bond motifs is 1. The summed E-state index contributed by atoms with van der Waals surface area (Å²) in [4.78, 5) is 19.3. The second kappa shape index (κ2) is 4.85. The zero-order valence-corrected chi connectivity index (χ0v) is 11.0. The molecule has 2 N–H and O–H groups in total. The zero-order chi connectivity index (χ0) is 13.2. The Morgan fingerprint density at radius 3 is 3.16 bits per heavy atom. The summed E-state index contributed by atoms with van der Waals surface area (Å²) in [7, 11) is 0. The van der Waals surface area contributed by atoms with E-state index in [0.29, 0.717) is 11.5 Å². The molecule has 0 radical (unpaired) electrons. The van der Waals surface area contributed by atoms with Gasteiger partial charge >= 0.3 is 0 Å². The van der Waals surface area contributed by atoms with Crippen LogP contribution in [0.15, 0.2) is 25.0 Å². The number of H-pyrrole nitrogens is 1. The first kappa shape index (κ1) is 11.9. The molecule has 0 aromatic carbocycles. The SMILES string of the molecule is CC(Cn1ccnc1)Nc1nc(Cl)nc2nc[nH]c12. The first-order valence-corrected chi connectivity index (χ1v) is 6.19. The fourth-order valence-electron chi connectivity index (χ4n) is 1.90. The minimum atomic E-state index is 0.159. The first-order chi connectivity index (χ1) is 9.22. The lowest BCUT2D eigenvalue weighted by molar-refractivity contribution is 0.617. The molecule has 0 spiro atoms.